The molecule has 0 unspecified atom stereocenters. The van der Waals surface area contributed by atoms with Crippen LogP contribution in [-0.2, 0) is 11.2 Å². The van der Waals surface area contributed by atoms with Crippen molar-refractivity contribution in [2.75, 3.05) is 5.32 Å². The minimum atomic E-state index is -0.941. The van der Waals surface area contributed by atoms with E-state index >= 15 is 0 Å². The third kappa shape index (κ3) is 0.984. The van der Waals surface area contributed by atoms with E-state index in [1.807, 2.05) is 0 Å². The minimum Gasteiger partial charge on any atom is -0.477 e. The molecule has 1 amide bonds. The van der Waals surface area contributed by atoms with Crippen LogP contribution in [0.15, 0.2) is 6.07 Å². The zero-order valence-electron chi connectivity index (χ0n) is 5.96. The molecule has 0 aromatic carbocycles. The molecule has 1 aromatic rings. The molecule has 2 N–H and O–H groups in total. The van der Waals surface area contributed by atoms with Gasteiger partial charge in [-0.2, -0.15) is 0 Å². The van der Waals surface area contributed by atoms with E-state index in [1.165, 1.54) is 6.07 Å². The van der Waals surface area contributed by atoms with Gasteiger partial charge >= 0.3 is 5.97 Å². The molecular weight excluding hydrogens is 178 g/mol. The number of aromatic carboxylic acids is 1. The number of hydrogen-bond acceptors (Lipinski definition) is 3. The predicted molar refractivity (Wildman–Crippen MR) is 43.6 cm³/mol. The van der Waals surface area contributed by atoms with Crippen molar-refractivity contribution in [2.45, 2.75) is 6.42 Å². The van der Waals surface area contributed by atoms with E-state index in [1.54, 1.807) is 0 Å². The van der Waals surface area contributed by atoms with Crippen molar-refractivity contribution in [2.24, 2.45) is 0 Å². The fourth-order valence-corrected chi connectivity index (χ4v) is 2.06. The number of thiophene rings is 1. The summed E-state index contributed by atoms with van der Waals surface area (Å²) < 4.78 is 0. The zero-order chi connectivity index (χ0) is 8.72. The average Bonchev–Trinajstić information content (AvgIpc) is 2.42. The van der Waals surface area contributed by atoms with Crippen LogP contribution in [0.3, 0.4) is 0 Å². The Labute approximate surface area is 71.8 Å². The first-order valence-corrected chi connectivity index (χ1v) is 4.14. The van der Waals surface area contributed by atoms with Crippen LogP contribution in [0.1, 0.15) is 14.5 Å². The van der Waals surface area contributed by atoms with Crippen molar-refractivity contribution in [3.8, 4) is 0 Å². The second kappa shape index (κ2) is 2.31. The maximum Gasteiger partial charge on any atom is 0.345 e. The smallest absolute Gasteiger partial charge is 0.345 e. The molecule has 1 aliphatic heterocycles. The summed E-state index contributed by atoms with van der Waals surface area (Å²) >= 11 is 1.15. The Kier molecular flexibility index (Phi) is 1.41. The first-order chi connectivity index (χ1) is 5.66. The molecule has 2 heterocycles. The average molecular weight is 183 g/mol. The number of carboxylic acid groups (broad SMARTS) is 1. The molecule has 0 fully saturated rings. The quantitative estimate of drug-likeness (QED) is 0.680. The third-order valence-corrected chi connectivity index (χ3v) is 2.74. The van der Waals surface area contributed by atoms with E-state index in [-0.39, 0.29) is 10.8 Å². The second-order valence-electron chi connectivity index (χ2n) is 2.48. The fourth-order valence-electron chi connectivity index (χ4n) is 1.11. The first-order valence-electron chi connectivity index (χ1n) is 3.32. The molecule has 0 atom stereocenters. The van der Waals surface area contributed by atoms with Crippen molar-refractivity contribution < 1.29 is 14.7 Å². The topological polar surface area (TPSA) is 66.4 Å². The Hall–Kier alpha value is -1.36. The molecule has 0 spiro atoms. The molecule has 2 rings (SSSR count). The molecule has 62 valence electrons. The molecule has 0 saturated heterocycles. The molecule has 0 saturated carbocycles. The van der Waals surface area contributed by atoms with E-state index in [4.69, 9.17) is 5.11 Å². The number of fused-ring (bicyclic) bond motifs is 1. The number of carboxylic acids is 1. The molecule has 4 nitrogen and oxygen atoms in total. The van der Waals surface area contributed by atoms with Crippen molar-refractivity contribution in [3.05, 3.63) is 15.8 Å². The van der Waals surface area contributed by atoms with Crippen LogP contribution in [-0.4, -0.2) is 17.0 Å². The summed E-state index contributed by atoms with van der Waals surface area (Å²) in [5.41, 5.74) is 0.655. The van der Waals surface area contributed by atoms with Gasteiger partial charge in [-0.3, -0.25) is 4.79 Å². The lowest BCUT2D eigenvalue weighted by Crippen LogP contribution is -2.04. The van der Waals surface area contributed by atoms with Crippen LogP contribution < -0.4 is 5.32 Å². The maximum atomic E-state index is 10.8. The Bertz CT molecular complexity index is 343. The van der Waals surface area contributed by atoms with Gasteiger partial charge in [-0.1, -0.05) is 0 Å². The Balaban J connectivity index is 2.40. The highest BCUT2D eigenvalue weighted by Crippen LogP contribution is 2.31. The van der Waals surface area contributed by atoms with Crippen LogP contribution in [0.25, 0.3) is 0 Å². The standard InChI is InChI=1S/C7H5NO3S/c9-6-2-4-3(8-6)1-5(12-4)7(10)11/h1H,2H2,(H,8,9)(H,10,11). The molecular formula is C7H5NO3S. The molecule has 5 heteroatoms. The number of carbonyl (C=O) groups excluding carboxylic acids is 1. The highest BCUT2D eigenvalue weighted by atomic mass is 32.1. The summed E-state index contributed by atoms with van der Waals surface area (Å²) in [6.45, 7) is 0. The summed E-state index contributed by atoms with van der Waals surface area (Å²) in [6, 6.07) is 1.49. The lowest BCUT2D eigenvalue weighted by Gasteiger charge is -1.88. The van der Waals surface area contributed by atoms with Gasteiger partial charge in [0, 0.05) is 4.88 Å². The summed E-state index contributed by atoms with van der Waals surface area (Å²) in [6.07, 6.45) is 0.313. The Morgan fingerprint density at radius 2 is 2.42 bits per heavy atom. The summed E-state index contributed by atoms with van der Waals surface area (Å²) in [5, 5.41) is 11.2. The van der Waals surface area contributed by atoms with Gasteiger partial charge < -0.3 is 10.4 Å². The monoisotopic (exact) mass is 183 g/mol. The largest absolute Gasteiger partial charge is 0.477 e. The van der Waals surface area contributed by atoms with Gasteiger partial charge in [0.05, 0.1) is 12.1 Å². The van der Waals surface area contributed by atoms with Gasteiger partial charge in [0.1, 0.15) is 4.88 Å². The number of rotatable bonds is 1. The summed E-state index contributed by atoms with van der Waals surface area (Å²) in [7, 11) is 0. The van der Waals surface area contributed by atoms with E-state index in [0.717, 1.165) is 16.2 Å². The van der Waals surface area contributed by atoms with Crippen molar-refractivity contribution in [3.63, 3.8) is 0 Å². The fraction of sp³-hybridized carbons (Fsp3) is 0.143. The third-order valence-electron chi connectivity index (χ3n) is 1.61. The highest BCUT2D eigenvalue weighted by molar-refractivity contribution is 7.14. The van der Waals surface area contributed by atoms with E-state index in [0.29, 0.717) is 12.1 Å². The zero-order valence-corrected chi connectivity index (χ0v) is 6.77. The van der Waals surface area contributed by atoms with Crippen LogP contribution >= 0.6 is 11.3 Å². The van der Waals surface area contributed by atoms with E-state index in [9.17, 15) is 9.59 Å². The first kappa shape index (κ1) is 7.30. The SMILES string of the molecule is O=C1Cc2sc(C(=O)O)cc2N1. The van der Waals surface area contributed by atoms with Gasteiger partial charge in [0.25, 0.3) is 0 Å². The molecule has 0 radical (unpaired) electrons. The van der Waals surface area contributed by atoms with E-state index in [2.05, 4.69) is 5.32 Å². The maximum absolute atomic E-state index is 10.8. The number of anilines is 1. The lowest BCUT2D eigenvalue weighted by atomic mass is 10.3. The second-order valence-corrected chi connectivity index (χ2v) is 3.61. The van der Waals surface area contributed by atoms with Gasteiger partial charge in [-0.25, -0.2) is 4.79 Å². The number of nitrogens with one attached hydrogen (secondary N) is 1. The van der Waals surface area contributed by atoms with Crippen molar-refractivity contribution >= 4 is 28.9 Å². The minimum absolute atomic E-state index is 0.0619. The summed E-state index contributed by atoms with van der Waals surface area (Å²) in [4.78, 5) is 22.4. The predicted octanol–water partition coefficient (Wildman–Crippen LogP) is 0.941. The van der Waals surface area contributed by atoms with Crippen molar-refractivity contribution in [1.82, 2.24) is 0 Å². The molecule has 1 aromatic heterocycles. The normalized spacial score (nSPS) is 14.2. The number of carbonyl (C=O) groups is 2. The summed E-state index contributed by atoms with van der Waals surface area (Å²) in [5.74, 6) is -1.00. The molecule has 0 aliphatic carbocycles. The van der Waals surface area contributed by atoms with Crippen LogP contribution in [0, 0.1) is 0 Å². The van der Waals surface area contributed by atoms with Gasteiger partial charge in [-0.15, -0.1) is 11.3 Å². The molecule has 1 aliphatic rings. The Morgan fingerprint density at radius 3 is 3.00 bits per heavy atom. The van der Waals surface area contributed by atoms with Crippen LogP contribution in [0.2, 0.25) is 0 Å². The van der Waals surface area contributed by atoms with Gasteiger partial charge in [0.2, 0.25) is 5.91 Å². The van der Waals surface area contributed by atoms with Crippen molar-refractivity contribution in [1.29, 1.82) is 0 Å². The van der Waals surface area contributed by atoms with E-state index < -0.39 is 5.97 Å². The van der Waals surface area contributed by atoms with Crippen LogP contribution in [0.4, 0.5) is 5.69 Å². The molecule has 0 bridgehead atoms. The number of amides is 1. The number of hydrogen-bond donors (Lipinski definition) is 2. The van der Waals surface area contributed by atoms with Gasteiger partial charge in [0.15, 0.2) is 0 Å². The lowest BCUT2D eigenvalue weighted by molar-refractivity contribution is -0.115. The molecule has 12 heavy (non-hydrogen) atoms. The van der Waals surface area contributed by atoms with Crippen LogP contribution in [0.5, 0.6) is 0 Å². The highest BCUT2D eigenvalue weighted by Gasteiger charge is 2.22. The van der Waals surface area contributed by atoms with Gasteiger partial charge in [-0.05, 0) is 6.07 Å². The Morgan fingerprint density at radius 1 is 1.67 bits per heavy atom.